The van der Waals surface area contributed by atoms with E-state index in [0.29, 0.717) is 30.1 Å². The number of likely N-dealkylation sites (tertiary alicyclic amines) is 1. The second-order valence-corrected chi connectivity index (χ2v) is 5.91. The Morgan fingerprint density at radius 2 is 2.12 bits per heavy atom. The Hall–Kier alpha value is -3.05. The molecule has 1 amide bonds. The number of aromatic nitrogens is 3. The highest BCUT2D eigenvalue weighted by molar-refractivity contribution is 7.00. The molecular weight excluding hydrogens is 326 g/mol. The van der Waals surface area contributed by atoms with Gasteiger partial charge in [-0.2, -0.15) is 14.0 Å². The molecule has 3 heterocycles. The summed E-state index contributed by atoms with van der Waals surface area (Å²) in [6.45, 7) is 0.932. The highest BCUT2D eigenvalue weighted by Gasteiger charge is 2.33. The van der Waals surface area contributed by atoms with Crippen molar-refractivity contribution in [1.29, 1.82) is 5.26 Å². The molecule has 1 aliphatic rings. The number of nitriles is 1. The first kappa shape index (κ1) is 14.5. The van der Waals surface area contributed by atoms with E-state index in [0.717, 1.165) is 22.8 Å². The van der Waals surface area contributed by atoms with Gasteiger partial charge in [0.15, 0.2) is 0 Å². The highest BCUT2D eigenvalue weighted by Crippen LogP contribution is 2.22. The third-order valence-corrected chi connectivity index (χ3v) is 4.36. The van der Waals surface area contributed by atoms with E-state index < -0.39 is 0 Å². The third kappa shape index (κ3) is 2.55. The molecule has 2 aromatic heterocycles. The summed E-state index contributed by atoms with van der Waals surface area (Å²) in [4.78, 5) is 18.2. The molecule has 0 N–H and O–H groups in total. The first-order valence-corrected chi connectivity index (χ1v) is 8.01. The van der Waals surface area contributed by atoms with Crippen molar-refractivity contribution in [1.82, 2.24) is 18.6 Å². The molecule has 0 bridgehead atoms. The van der Waals surface area contributed by atoms with Crippen LogP contribution in [-0.2, 0) is 0 Å². The van der Waals surface area contributed by atoms with Gasteiger partial charge < -0.3 is 9.64 Å². The van der Waals surface area contributed by atoms with E-state index in [1.54, 1.807) is 41.4 Å². The number of carbonyl (C=O) groups is 1. The lowest BCUT2D eigenvalue weighted by Gasteiger charge is -2.38. The van der Waals surface area contributed by atoms with Crippen molar-refractivity contribution in [2.75, 3.05) is 13.1 Å². The van der Waals surface area contributed by atoms with Crippen LogP contribution in [0.5, 0.6) is 5.88 Å². The van der Waals surface area contributed by atoms with Crippen molar-refractivity contribution in [3.8, 4) is 11.9 Å². The zero-order chi connectivity index (χ0) is 16.5. The average Bonchev–Trinajstić information content (AvgIpc) is 3.05. The number of amides is 1. The highest BCUT2D eigenvalue weighted by atomic mass is 32.1. The zero-order valence-corrected chi connectivity index (χ0v) is 13.2. The maximum Gasteiger partial charge on any atom is 0.254 e. The number of fused-ring (bicyclic) bond motifs is 1. The van der Waals surface area contributed by atoms with Crippen molar-refractivity contribution in [3.63, 3.8) is 0 Å². The molecule has 0 saturated carbocycles. The van der Waals surface area contributed by atoms with Gasteiger partial charge in [0.05, 0.1) is 24.8 Å². The van der Waals surface area contributed by atoms with E-state index in [-0.39, 0.29) is 12.0 Å². The van der Waals surface area contributed by atoms with Gasteiger partial charge in [0, 0.05) is 11.8 Å². The fourth-order valence-electron chi connectivity index (χ4n) is 2.50. The van der Waals surface area contributed by atoms with Crippen LogP contribution in [0.25, 0.3) is 11.0 Å². The number of nitrogens with zero attached hydrogens (tertiary/aromatic N) is 5. The lowest BCUT2D eigenvalue weighted by molar-refractivity contribution is 0.0159. The lowest BCUT2D eigenvalue weighted by Crippen LogP contribution is -2.56. The molecule has 1 aliphatic heterocycles. The van der Waals surface area contributed by atoms with Gasteiger partial charge in [-0.3, -0.25) is 4.79 Å². The lowest BCUT2D eigenvalue weighted by atomic mass is 10.1. The molecule has 1 fully saturated rings. The predicted molar refractivity (Wildman–Crippen MR) is 86.7 cm³/mol. The van der Waals surface area contributed by atoms with Gasteiger partial charge in [0.1, 0.15) is 28.8 Å². The van der Waals surface area contributed by atoms with Gasteiger partial charge in [0.2, 0.25) is 5.88 Å². The minimum Gasteiger partial charge on any atom is -0.470 e. The molecule has 4 rings (SSSR count). The maximum absolute atomic E-state index is 12.5. The molecule has 1 saturated heterocycles. The molecule has 3 aromatic rings. The average molecular weight is 337 g/mol. The van der Waals surface area contributed by atoms with Crippen LogP contribution < -0.4 is 4.74 Å². The molecule has 0 atom stereocenters. The molecule has 0 aliphatic carbocycles. The van der Waals surface area contributed by atoms with Gasteiger partial charge in [-0.15, -0.1) is 0 Å². The van der Waals surface area contributed by atoms with E-state index in [4.69, 9.17) is 10.00 Å². The van der Waals surface area contributed by atoms with E-state index >= 15 is 0 Å². The second kappa shape index (κ2) is 5.86. The molecule has 0 spiro atoms. The largest absolute Gasteiger partial charge is 0.470 e. The summed E-state index contributed by atoms with van der Waals surface area (Å²) in [5.74, 6) is 0.248. The summed E-state index contributed by atoms with van der Waals surface area (Å²) in [6.07, 6.45) is 1.43. The molecule has 118 valence electrons. The number of hydrogen-bond acceptors (Lipinski definition) is 7. The van der Waals surface area contributed by atoms with Crippen molar-refractivity contribution in [2.24, 2.45) is 0 Å². The summed E-state index contributed by atoms with van der Waals surface area (Å²) >= 11 is 1.13. The van der Waals surface area contributed by atoms with E-state index in [1.165, 1.54) is 0 Å². The summed E-state index contributed by atoms with van der Waals surface area (Å²) in [5.41, 5.74) is 2.50. The second-order valence-electron chi connectivity index (χ2n) is 5.39. The molecule has 1 aromatic carbocycles. The van der Waals surface area contributed by atoms with Crippen LogP contribution in [0.4, 0.5) is 0 Å². The van der Waals surface area contributed by atoms with Crippen LogP contribution >= 0.6 is 11.7 Å². The Morgan fingerprint density at radius 3 is 2.96 bits per heavy atom. The third-order valence-electron chi connectivity index (χ3n) is 3.81. The molecule has 0 unspecified atom stereocenters. The van der Waals surface area contributed by atoms with Gasteiger partial charge in [0.25, 0.3) is 5.91 Å². The number of benzene rings is 1. The van der Waals surface area contributed by atoms with Gasteiger partial charge in [-0.05, 0) is 30.3 Å². The summed E-state index contributed by atoms with van der Waals surface area (Å²) in [5, 5.41) is 9.04. The number of rotatable bonds is 3. The predicted octanol–water partition coefficient (Wildman–Crippen LogP) is 1.86. The Kier molecular flexibility index (Phi) is 3.55. The van der Waals surface area contributed by atoms with Crippen LogP contribution in [0.1, 0.15) is 15.9 Å². The summed E-state index contributed by atoms with van der Waals surface area (Å²) in [6, 6.07) is 10.7. The SMILES string of the molecule is N#Cc1cccnc1OC1CN(C(=O)c2ccc3nsnc3c2)C1. The Bertz CT molecular complexity index is 958. The molecule has 24 heavy (non-hydrogen) atoms. The maximum atomic E-state index is 12.5. The van der Waals surface area contributed by atoms with Gasteiger partial charge in [-0.25, -0.2) is 4.98 Å². The fourth-order valence-corrected chi connectivity index (χ4v) is 3.02. The van der Waals surface area contributed by atoms with Gasteiger partial charge in [-0.1, -0.05) is 0 Å². The quantitative estimate of drug-likeness (QED) is 0.724. The number of pyridine rings is 1. The van der Waals surface area contributed by atoms with Crippen molar-refractivity contribution >= 4 is 28.7 Å². The summed E-state index contributed by atoms with van der Waals surface area (Å²) < 4.78 is 14.0. The monoisotopic (exact) mass is 337 g/mol. The first-order chi connectivity index (χ1) is 11.7. The van der Waals surface area contributed by atoms with Crippen LogP contribution in [0.3, 0.4) is 0 Å². The molecular formula is C16H11N5O2S. The Morgan fingerprint density at radius 1 is 1.29 bits per heavy atom. The van der Waals surface area contributed by atoms with E-state index in [1.807, 2.05) is 6.07 Å². The minimum atomic E-state index is -0.152. The number of ether oxygens (including phenoxy) is 1. The van der Waals surface area contributed by atoms with Crippen LogP contribution in [0.15, 0.2) is 36.5 Å². The van der Waals surface area contributed by atoms with Crippen molar-refractivity contribution in [2.45, 2.75) is 6.10 Å². The number of hydrogen-bond donors (Lipinski definition) is 0. The minimum absolute atomic E-state index is 0.0636. The number of carbonyl (C=O) groups excluding carboxylic acids is 1. The van der Waals surface area contributed by atoms with Crippen molar-refractivity contribution in [3.05, 3.63) is 47.7 Å². The Balaban J connectivity index is 1.41. The van der Waals surface area contributed by atoms with E-state index in [9.17, 15) is 4.79 Å². The topological polar surface area (TPSA) is 92.0 Å². The van der Waals surface area contributed by atoms with Crippen LogP contribution in [-0.4, -0.2) is 43.7 Å². The van der Waals surface area contributed by atoms with Crippen molar-refractivity contribution < 1.29 is 9.53 Å². The standard InChI is InChI=1S/C16H11N5O2S/c17-7-11-2-1-5-18-15(11)23-12-8-21(9-12)16(22)10-3-4-13-14(6-10)20-24-19-13/h1-6,12H,8-9H2. The normalized spacial score (nSPS) is 14.2. The summed E-state index contributed by atoms with van der Waals surface area (Å²) in [7, 11) is 0. The smallest absolute Gasteiger partial charge is 0.254 e. The van der Waals surface area contributed by atoms with E-state index in [2.05, 4.69) is 13.7 Å². The molecule has 7 nitrogen and oxygen atoms in total. The van der Waals surface area contributed by atoms with Crippen LogP contribution in [0.2, 0.25) is 0 Å². The molecule has 0 radical (unpaired) electrons. The molecule has 8 heteroatoms. The Labute approximate surface area is 141 Å². The zero-order valence-electron chi connectivity index (χ0n) is 12.4. The van der Waals surface area contributed by atoms with Gasteiger partial charge >= 0.3 is 0 Å². The first-order valence-electron chi connectivity index (χ1n) is 7.28. The van der Waals surface area contributed by atoms with Crippen LogP contribution in [0, 0.1) is 11.3 Å². The fraction of sp³-hybridized carbons (Fsp3) is 0.188.